The molecule has 3 rings (SSSR count). The molecule has 1 aliphatic heterocycles. The van der Waals surface area contributed by atoms with Crippen molar-refractivity contribution in [2.24, 2.45) is 0 Å². The molecule has 0 aliphatic carbocycles. The maximum Gasteiger partial charge on any atom is 0.231 e. The summed E-state index contributed by atoms with van der Waals surface area (Å²) in [6.45, 7) is 2.96. The van der Waals surface area contributed by atoms with E-state index in [1.54, 1.807) is 14.2 Å². The molecule has 25 heavy (non-hydrogen) atoms. The third-order valence-corrected chi connectivity index (χ3v) is 5.59. The predicted octanol–water partition coefficient (Wildman–Crippen LogP) is 4.16. The minimum absolute atomic E-state index is 0.106. The fourth-order valence-electron chi connectivity index (χ4n) is 3.01. The van der Waals surface area contributed by atoms with Crippen molar-refractivity contribution in [3.05, 3.63) is 48.0 Å². The minimum atomic E-state index is 0.106. The number of carbonyl (C=O) groups excluding carboxylic acids is 1. The monoisotopic (exact) mass is 357 g/mol. The third-order valence-electron chi connectivity index (χ3n) is 4.35. The molecule has 132 valence electrons. The summed E-state index contributed by atoms with van der Waals surface area (Å²) in [5.74, 6) is 1.42. The van der Waals surface area contributed by atoms with Gasteiger partial charge in [0, 0.05) is 16.7 Å². The van der Waals surface area contributed by atoms with Crippen LogP contribution < -0.4 is 14.4 Å². The number of ether oxygens (including phenoxy) is 2. The maximum atomic E-state index is 13.0. The van der Waals surface area contributed by atoms with Crippen LogP contribution >= 0.6 is 11.8 Å². The van der Waals surface area contributed by atoms with Crippen molar-refractivity contribution in [1.29, 1.82) is 0 Å². The Morgan fingerprint density at radius 3 is 2.68 bits per heavy atom. The van der Waals surface area contributed by atoms with Gasteiger partial charge in [0.15, 0.2) is 11.5 Å². The van der Waals surface area contributed by atoms with Gasteiger partial charge in [-0.15, -0.1) is 11.8 Å². The van der Waals surface area contributed by atoms with Gasteiger partial charge in [-0.3, -0.25) is 4.79 Å². The van der Waals surface area contributed by atoms with E-state index in [1.165, 1.54) is 4.90 Å². The quantitative estimate of drug-likeness (QED) is 0.823. The first-order chi connectivity index (χ1) is 12.1. The van der Waals surface area contributed by atoms with E-state index in [-0.39, 0.29) is 5.91 Å². The number of carbonyl (C=O) groups is 1. The summed E-state index contributed by atoms with van der Waals surface area (Å²) in [6.07, 6.45) is 1.32. The highest BCUT2D eigenvalue weighted by Gasteiger charge is 2.24. The average Bonchev–Trinajstić information content (AvgIpc) is 2.79. The van der Waals surface area contributed by atoms with Crippen molar-refractivity contribution in [3.8, 4) is 11.5 Å². The Labute approximate surface area is 153 Å². The number of methoxy groups -OCH3 is 2. The van der Waals surface area contributed by atoms with Crippen molar-refractivity contribution in [1.82, 2.24) is 0 Å². The first-order valence-electron chi connectivity index (χ1n) is 8.39. The van der Waals surface area contributed by atoms with Crippen LogP contribution in [0.4, 0.5) is 5.69 Å². The number of para-hydroxylation sites is 1. The van der Waals surface area contributed by atoms with E-state index in [1.807, 2.05) is 53.1 Å². The number of anilines is 1. The fourth-order valence-corrected chi connectivity index (χ4v) is 4.12. The van der Waals surface area contributed by atoms with Crippen LogP contribution in [0.15, 0.2) is 47.4 Å². The van der Waals surface area contributed by atoms with E-state index in [0.29, 0.717) is 23.2 Å². The van der Waals surface area contributed by atoms with Gasteiger partial charge >= 0.3 is 0 Å². The molecule has 1 unspecified atom stereocenters. The number of hydrogen-bond donors (Lipinski definition) is 0. The zero-order chi connectivity index (χ0) is 17.8. The first kappa shape index (κ1) is 17.7. The van der Waals surface area contributed by atoms with Crippen molar-refractivity contribution in [3.63, 3.8) is 0 Å². The molecule has 1 atom stereocenters. The summed E-state index contributed by atoms with van der Waals surface area (Å²) in [5.41, 5.74) is 1.94. The highest BCUT2D eigenvalue weighted by Crippen LogP contribution is 2.37. The zero-order valence-corrected chi connectivity index (χ0v) is 15.6. The van der Waals surface area contributed by atoms with Gasteiger partial charge in [0.05, 0.1) is 26.3 Å². The Kier molecular flexibility index (Phi) is 5.53. The second-order valence-corrected chi connectivity index (χ2v) is 7.58. The number of rotatable bonds is 4. The Morgan fingerprint density at radius 2 is 1.92 bits per heavy atom. The fraction of sp³-hybridized carbons (Fsp3) is 0.350. The van der Waals surface area contributed by atoms with Gasteiger partial charge < -0.3 is 14.4 Å². The first-order valence-corrected chi connectivity index (χ1v) is 9.27. The highest BCUT2D eigenvalue weighted by molar-refractivity contribution is 8.00. The molecule has 0 saturated carbocycles. The molecule has 1 heterocycles. The van der Waals surface area contributed by atoms with Gasteiger partial charge in [0.1, 0.15) is 0 Å². The standard InChI is InChI=1S/C20H23NO3S/c1-14-10-11-21(16-6-4-5-7-19(16)25-14)20(22)13-15-8-9-17(23-2)18(12-15)24-3/h4-9,12,14H,10-11,13H2,1-3H3. The van der Waals surface area contributed by atoms with Crippen molar-refractivity contribution in [2.45, 2.75) is 29.9 Å². The molecule has 0 N–H and O–H groups in total. The van der Waals surface area contributed by atoms with Crippen LogP contribution in [0.3, 0.4) is 0 Å². The summed E-state index contributed by atoms with van der Waals surface area (Å²) in [7, 11) is 3.21. The van der Waals surface area contributed by atoms with Crippen molar-refractivity contribution >= 4 is 23.4 Å². The molecular formula is C20H23NO3S. The Hall–Kier alpha value is -2.14. The van der Waals surface area contributed by atoms with E-state index < -0.39 is 0 Å². The number of benzene rings is 2. The van der Waals surface area contributed by atoms with Crippen LogP contribution in [0.25, 0.3) is 0 Å². The van der Waals surface area contributed by atoms with Gasteiger partial charge in [-0.2, -0.15) is 0 Å². The maximum absolute atomic E-state index is 13.0. The molecule has 0 radical (unpaired) electrons. The average molecular weight is 357 g/mol. The number of amides is 1. The number of thioether (sulfide) groups is 1. The molecule has 5 heteroatoms. The predicted molar refractivity (Wildman–Crippen MR) is 102 cm³/mol. The van der Waals surface area contributed by atoms with E-state index in [4.69, 9.17) is 9.47 Å². The van der Waals surface area contributed by atoms with Crippen LogP contribution in [0.5, 0.6) is 11.5 Å². The lowest BCUT2D eigenvalue weighted by atomic mass is 10.1. The van der Waals surface area contributed by atoms with E-state index in [2.05, 4.69) is 13.0 Å². The molecular weight excluding hydrogens is 334 g/mol. The van der Waals surface area contributed by atoms with E-state index >= 15 is 0 Å². The lowest BCUT2D eigenvalue weighted by Crippen LogP contribution is -2.33. The van der Waals surface area contributed by atoms with E-state index in [9.17, 15) is 4.79 Å². The Morgan fingerprint density at radius 1 is 1.16 bits per heavy atom. The zero-order valence-electron chi connectivity index (χ0n) is 14.8. The molecule has 2 aromatic carbocycles. The van der Waals surface area contributed by atoms with Crippen LogP contribution in [0.1, 0.15) is 18.9 Å². The molecule has 1 amide bonds. The SMILES string of the molecule is COc1ccc(CC(=O)N2CCC(C)Sc3ccccc32)cc1OC. The molecule has 4 nitrogen and oxygen atoms in total. The van der Waals surface area contributed by atoms with Gasteiger partial charge in [0.25, 0.3) is 0 Å². The van der Waals surface area contributed by atoms with Crippen molar-refractivity contribution in [2.75, 3.05) is 25.7 Å². The third kappa shape index (κ3) is 3.93. The molecule has 0 bridgehead atoms. The molecule has 0 fully saturated rings. The second kappa shape index (κ2) is 7.83. The molecule has 1 aliphatic rings. The minimum Gasteiger partial charge on any atom is -0.493 e. The van der Waals surface area contributed by atoms with Gasteiger partial charge in [-0.05, 0) is 36.2 Å². The van der Waals surface area contributed by atoms with Gasteiger partial charge in [0.2, 0.25) is 5.91 Å². The summed E-state index contributed by atoms with van der Waals surface area (Å²) in [4.78, 5) is 16.1. The lowest BCUT2D eigenvalue weighted by molar-refractivity contribution is -0.118. The number of nitrogens with zero attached hydrogens (tertiary/aromatic N) is 1. The van der Waals surface area contributed by atoms with Crippen LogP contribution in [0.2, 0.25) is 0 Å². The van der Waals surface area contributed by atoms with E-state index in [0.717, 1.165) is 24.2 Å². The summed E-state index contributed by atoms with van der Waals surface area (Å²) in [6, 6.07) is 13.8. The number of fused-ring (bicyclic) bond motifs is 1. The second-order valence-electron chi connectivity index (χ2n) is 6.10. The largest absolute Gasteiger partial charge is 0.493 e. The van der Waals surface area contributed by atoms with Crippen molar-refractivity contribution < 1.29 is 14.3 Å². The molecule has 0 aromatic heterocycles. The van der Waals surface area contributed by atoms with Gasteiger partial charge in [-0.1, -0.05) is 25.1 Å². The topological polar surface area (TPSA) is 38.8 Å². The highest BCUT2D eigenvalue weighted by atomic mass is 32.2. The Bertz CT molecular complexity index is 762. The molecule has 0 spiro atoms. The van der Waals surface area contributed by atoms with Crippen LogP contribution in [-0.4, -0.2) is 31.9 Å². The normalized spacial score (nSPS) is 16.8. The Balaban J connectivity index is 1.84. The smallest absolute Gasteiger partial charge is 0.231 e. The van der Waals surface area contributed by atoms with Crippen LogP contribution in [-0.2, 0) is 11.2 Å². The van der Waals surface area contributed by atoms with Gasteiger partial charge in [-0.25, -0.2) is 0 Å². The summed E-state index contributed by atoms with van der Waals surface area (Å²) >= 11 is 1.84. The lowest BCUT2D eigenvalue weighted by Gasteiger charge is -2.22. The molecule has 0 saturated heterocycles. The number of hydrogen-bond acceptors (Lipinski definition) is 4. The summed E-state index contributed by atoms with van der Waals surface area (Å²) < 4.78 is 10.6. The van der Waals surface area contributed by atoms with Crippen LogP contribution in [0, 0.1) is 0 Å². The molecule has 2 aromatic rings. The summed E-state index contributed by atoms with van der Waals surface area (Å²) in [5, 5.41) is 0.500.